The van der Waals surface area contributed by atoms with Crippen LogP contribution in [0.4, 0.5) is 0 Å². The summed E-state index contributed by atoms with van der Waals surface area (Å²) in [5.41, 5.74) is 3.05. The molecule has 1 aromatic carbocycles. The number of carbonyl (C=O) groups is 1. The van der Waals surface area contributed by atoms with Crippen molar-refractivity contribution in [2.75, 3.05) is 32.7 Å². The lowest BCUT2D eigenvalue weighted by atomic mass is 10.1. The number of benzene rings is 1. The van der Waals surface area contributed by atoms with E-state index in [1.165, 1.54) is 4.68 Å². The lowest BCUT2D eigenvalue weighted by Gasteiger charge is -2.34. The molecular weight excluding hydrogens is 416 g/mol. The number of amides is 1. The lowest BCUT2D eigenvalue weighted by Crippen LogP contribution is -2.49. The van der Waals surface area contributed by atoms with Crippen molar-refractivity contribution in [2.24, 2.45) is 0 Å². The minimum Gasteiger partial charge on any atom is -0.336 e. The van der Waals surface area contributed by atoms with Crippen molar-refractivity contribution in [3.8, 4) is 11.3 Å². The fourth-order valence-corrected chi connectivity index (χ4v) is 4.08. The van der Waals surface area contributed by atoms with Crippen LogP contribution in [0, 0.1) is 0 Å². The van der Waals surface area contributed by atoms with Gasteiger partial charge in [-0.1, -0.05) is 6.07 Å². The van der Waals surface area contributed by atoms with Crippen molar-refractivity contribution in [1.82, 2.24) is 29.5 Å². The Balaban J connectivity index is 1.19. The molecule has 4 heterocycles. The third-order valence-corrected chi connectivity index (χ3v) is 5.96. The average molecular weight is 441 g/mol. The van der Waals surface area contributed by atoms with Crippen LogP contribution in [0.15, 0.2) is 78.0 Å². The Kier molecular flexibility index (Phi) is 5.91. The fraction of sp³-hybridized carbons (Fsp3) is 0.240. The molecule has 1 saturated heterocycles. The standard InChI is InChI=1S/C25H24N6O2/c32-24-8-7-23(21-4-1-9-26-18-21)28-31(24)16-13-29-11-14-30(15-12-29)25(33)20-5-6-22-19(17-20)3-2-10-27-22/h1-10,17-18H,11-16H2. The Labute approximate surface area is 191 Å². The molecule has 4 aromatic rings. The number of rotatable bonds is 5. The first-order chi connectivity index (χ1) is 16.2. The van der Waals surface area contributed by atoms with E-state index in [1.54, 1.807) is 30.7 Å². The second-order valence-electron chi connectivity index (χ2n) is 8.07. The van der Waals surface area contributed by atoms with Crippen molar-refractivity contribution >= 4 is 16.8 Å². The second-order valence-corrected chi connectivity index (χ2v) is 8.07. The molecule has 33 heavy (non-hydrogen) atoms. The quantitative estimate of drug-likeness (QED) is 0.474. The summed E-state index contributed by atoms with van der Waals surface area (Å²) in [5, 5.41) is 5.47. The molecule has 1 fully saturated rings. The van der Waals surface area contributed by atoms with E-state index in [1.807, 2.05) is 47.4 Å². The lowest BCUT2D eigenvalue weighted by molar-refractivity contribution is 0.0631. The SMILES string of the molecule is O=C(c1ccc2ncccc2c1)N1CCN(CCn2nc(-c3cccnc3)ccc2=O)CC1. The van der Waals surface area contributed by atoms with E-state index in [0.29, 0.717) is 31.7 Å². The van der Waals surface area contributed by atoms with E-state index < -0.39 is 0 Å². The molecule has 8 nitrogen and oxygen atoms in total. The minimum atomic E-state index is -0.123. The first-order valence-corrected chi connectivity index (χ1v) is 11.0. The molecule has 0 aliphatic carbocycles. The van der Waals surface area contributed by atoms with Gasteiger partial charge in [-0.05, 0) is 42.5 Å². The molecule has 0 unspecified atom stereocenters. The van der Waals surface area contributed by atoms with Gasteiger partial charge in [0.25, 0.3) is 11.5 Å². The van der Waals surface area contributed by atoms with Crippen molar-refractivity contribution in [2.45, 2.75) is 6.54 Å². The van der Waals surface area contributed by atoms with Crippen LogP contribution in [0.5, 0.6) is 0 Å². The summed E-state index contributed by atoms with van der Waals surface area (Å²) < 4.78 is 1.50. The highest BCUT2D eigenvalue weighted by Crippen LogP contribution is 2.16. The molecule has 1 amide bonds. The predicted octanol–water partition coefficient (Wildman–Crippen LogP) is 2.31. The van der Waals surface area contributed by atoms with Gasteiger partial charge in [-0.15, -0.1) is 0 Å². The number of aromatic nitrogens is 4. The highest BCUT2D eigenvalue weighted by molar-refractivity contribution is 5.98. The van der Waals surface area contributed by atoms with Crippen LogP contribution >= 0.6 is 0 Å². The first-order valence-electron chi connectivity index (χ1n) is 11.0. The molecular formula is C25H24N6O2. The summed E-state index contributed by atoms with van der Waals surface area (Å²) in [6, 6.07) is 16.5. The molecule has 0 atom stereocenters. The minimum absolute atomic E-state index is 0.0439. The zero-order valence-electron chi connectivity index (χ0n) is 18.2. The first kappa shape index (κ1) is 21.0. The zero-order chi connectivity index (χ0) is 22.6. The Morgan fingerprint density at radius 2 is 1.76 bits per heavy atom. The van der Waals surface area contributed by atoms with Gasteiger partial charge < -0.3 is 4.90 Å². The van der Waals surface area contributed by atoms with Crippen molar-refractivity contribution in [1.29, 1.82) is 0 Å². The molecule has 0 N–H and O–H groups in total. The third kappa shape index (κ3) is 4.65. The number of pyridine rings is 2. The topological polar surface area (TPSA) is 84.2 Å². The molecule has 1 aliphatic rings. The maximum atomic E-state index is 13.0. The van der Waals surface area contributed by atoms with Gasteiger partial charge >= 0.3 is 0 Å². The summed E-state index contributed by atoms with van der Waals surface area (Å²) in [7, 11) is 0. The van der Waals surface area contributed by atoms with Crippen LogP contribution in [-0.4, -0.2) is 68.2 Å². The Bertz CT molecular complexity index is 1330. The van der Waals surface area contributed by atoms with E-state index in [9.17, 15) is 9.59 Å². The number of hydrogen-bond acceptors (Lipinski definition) is 6. The Hall–Kier alpha value is -3.91. The van der Waals surface area contributed by atoms with E-state index >= 15 is 0 Å². The molecule has 0 bridgehead atoms. The van der Waals surface area contributed by atoms with Gasteiger partial charge in [0, 0.05) is 73.9 Å². The maximum absolute atomic E-state index is 13.0. The number of fused-ring (bicyclic) bond motifs is 1. The molecule has 0 saturated carbocycles. The molecule has 3 aromatic heterocycles. The van der Waals surface area contributed by atoms with Gasteiger partial charge in [0.05, 0.1) is 17.8 Å². The van der Waals surface area contributed by atoms with Crippen LogP contribution in [0.3, 0.4) is 0 Å². The van der Waals surface area contributed by atoms with Gasteiger partial charge in [-0.2, -0.15) is 5.10 Å². The van der Waals surface area contributed by atoms with Crippen molar-refractivity contribution in [3.63, 3.8) is 0 Å². The normalized spacial score (nSPS) is 14.5. The molecule has 5 rings (SSSR count). The zero-order valence-corrected chi connectivity index (χ0v) is 18.2. The number of nitrogens with zero attached hydrogens (tertiary/aromatic N) is 6. The Morgan fingerprint density at radius 1 is 0.909 bits per heavy atom. The van der Waals surface area contributed by atoms with Gasteiger partial charge in [-0.3, -0.25) is 24.5 Å². The van der Waals surface area contributed by atoms with Crippen molar-refractivity contribution < 1.29 is 4.79 Å². The van der Waals surface area contributed by atoms with Crippen LogP contribution in [-0.2, 0) is 6.54 Å². The van der Waals surface area contributed by atoms with E-state index in [-0.39, 0.29) is 11.5 Å². The van der Waals surface area contributed by atoms with Gasteiger partial charge in [-0.25, -0.2) is 4.68 Å². The Morgan fingerprint density at radius 3 is 2.58 bits per heavy atom. The van der Waals surface area contributed by atoms with Crippen LogP contribution in [0.1, 0.15) is 10.4 Å². The van der Waals surface area contributed by atoms with E-state index in [4.69, 9.17) is 0 Å². The number of hydrogen-bond donors (Lipinski definition) is 0. The van der Waals surface area contributed by atoms with Gasteiger partial charge in [0.1, 0.15) is 0 Å². The van der Waals surface area contributed by atoms with Crippen LogP contribution < -0.4 is 5.56 Å². The third-order valence-electron chi connectivity index (χ3n) is 5.96. The number of carbonyl (C=O) groups excluding carboxylic acids is 1. The highest BCUT2D eigenvalue weighted by Gasteiger charge is 2.22. The number of piperazine rings is 1. The van der Waals surface area contributed by atoms with Crippen LogP contribution in [0.25, 0.3) is 22.2 Å². The summed E-state index contributed by atoms with van der Waals surface area (Å²) in [6.45, 7) is 4.03. The average Bonchev–Trinajstić information content (AvgIpc) is 2.88. The van der Waals surface area contributed by atoms with Gasteiger partial charge in [0.15, 0.2) is 0 Å². The second kappa shape index (κ2) is 9.30. The maximum Gasteiger partial charge on any atom is 0.266 e. The highest BCUT2D eigenvalue weighted by atomic mass is 16.2. The molecule has 0 spiro atoms. The smallest absolute Gasteiger partial charge is 0.266 e. The molecule has 8 heteroatoms. The summed E-state index contributed by atoms with van der Waals surface area (Å²) >= 11 is 0. The van der Waals surface area contributed by atoms with Crippen molar-refractivity contribution in [3.05, 3.63) is 89.1 Å². The molecule has 1 aliphatic heterocycles. The predicted molar refractivity (Wildman–Crippen MR) is 126 cm³/mol. The molecule has 0 radical (unpaired) electrons. The van der Waals surface area contributed by atoms with E-state index in [2.05, 4.69) is 20.0 Å². The fourth-order valence-electron chi connectivity index (χ4n) is 4.08. The van der Waals surface area contributed by atoms with Gasteiger partial charge in [0.2, 0.25) is 0 Å². The molecule has 166 valence electrons. The monoisotopic (exact) mass is 440 g/mol. The summed E-state index contributed by atoms with van der Waals surface area (Å²) in [6.07, 6.45) is 5.20. The van der Waals surface area contributed by atoms with Crippen LogP contribution in [0.2, 0.25) is 0 Å². The summed E-state index contributed by atoms with van der Waals surface area (Å²) in [5.74, 6) is 0.0439. The summed E-state index contributed by atoms with van der Waals surface area (Å²) in [4.78, 5) is 37.8. The van der Waals surface area contributed by atoms with E-state index in [0.717, 1.165) is 35.2 Å². The largest absolute Gasteiger partial charge is 0.336 e.